The van der Waals surface area contributed by atoms with Gasteiger partial charge in [0.15, 0.2) is 0 Å². The Kier molecular flexibility index (Phi) is 8.78. The number of nitrogens with zero attached hydrogens (tertiary/aromatic N) is 4. The Morgan fingerprint density at radius 2 is 0.960 bits per heavy atom. The number of nitriles is 2. The lowest BCUT2D eigenvalue weighted by atomic mass is 9.87. The van der Waals surface area contributed by atoms with Crippen LogP contribution < -0.4 is 15.0 Å². The molecular formula is C46H38N4. The second kappa shape index (κ2) is 13.6. The highest BCUT2D eigenvalue weighted by molar-refractivity contribution is 6.17. The van der Waals surface area contributed by atoms with Gasteiger partial charge in [0.1, 0.15) is 0 Å². The summed E-state index contributed by atoms with van der Waals surface area (Å²) >= 11 is 0. The zero-order valence-electron chi connectivity index (χ0n) is 28.9. The van der Waals surface area contributed by atoms with E-state index >= 15 is 0 Å². The van der Waals surface area contributed by atoms with Crippen LogP contribution in [-0.2, 0) is 6.42 Å². The van der Waals surface area contributed by atoms with Crippen molar-refractivity contribution in [2.75, 3.05) is 9.80 Å². The number of hydrogen-bond acceptors (Lipinski definition) is 4. The van der Waals surface area contributed by atoms with Crippen LogP contribution in [-0.4, -0.2) is 0 Å². The molecule has 0 radical (unpaired) electrons. The topological polar surface area (TPSA) is 54.1 Å². The van der Waals surface area contributed by atoms with Gasteiger partial charge in [-0.15, -0.1) is 0 Å². The molecule has 50 heavy (non-hydrogen) atoms. The van der Waals surface area contributed by atoms with Crippen LogP contribution in [0.1, 0.15) is 48.1 Å². The fraction of sp³-hybridized carbons (Fsp3) is 0.130. The standard InChI is InChI=1S/C44H32N4.C2H6/c1-29-3-15-35(16-4-29)47(37-19-7-31(27-45)8-20-37)41-25-13-33-12-24-40-42(26-14-34-11-23-39(41)43(33)44(34)40)48(36-17-5-30(2)6-18-36)38-21-9-32(28-46)10-22-38;1-2/h3-13,15-25H,14,26H2,1-2H3;1-2H3. The molecule has 0 bridgehead atoms. The van der Waals surface area contributed by atoms with Gasteiger partial charge in [-0.3, -0.25) is 0 Å². The molecule has 0 amide bonds. The minimum atomic E-state index is 0.638. The molecule has 0 atom stereocenters. The molecule has 1 aliphatic rings. The molecule has 0 fully saturated rings. The molecule has 0 saturated carbocycles. The highest BCUT2D eigenvalue weighted by atomic mass is 15.2. The lowest BCUT2D eigenvalue weighted by Gasteiger charge is -2.32. The van der Waals surface area contributed by atoms with Crippen molar-refractivity contribution in [3.05, 3.63) is 166 Å². The average Bonchev–Trinajstić information content (AvgIpc) is 3.17. The maximum atomic E-state index is 9.50. The monoisotopic (exact) mass is 646 g/mol. The third-order valence-electron chi connectivity index (χ3n) is 9.52. The Bertz CT molecular complexity index is 2460. The van der Waals surface area contributed by atoms with Crippen molar-refractivity contribution in [1.29, 1.82) is 10.5 Å². The van der Waals surface area contributed by atoms with E-state index in [9.17, 15) is 10.5 Å². The van der Waals surface area contributed by atoms with Crippen molar-refractivity contribution in [2.45, 2.75) is 40.5 Å². The average molecular weight is 647 g/mol. The fourth-order valence-corrected chi connectivity index (χ4v) is 7.11. The molecule has 4 heteroatoms. The molecule has 0 aliphatic heterocycles. The maximum Gasteiger partial charge on any atom is 0.0991 e. The van der Waals surface area contributed by atoms with Crippen molar-refractivity contribution in [2.24, 2.45) is 0 Å². The van der Waals surface area contributed by atoms with E-state index < -0.39 is 0 Å². The summed E-state index contributed by atoms with van der Waals surface area (Å²) in [5, 5.41) is 25.2. The third-order valence-corrected chi connectivity index (χ3v) is 9.52. The minimum Gasteiger partial charge on any atom is -0.314 e. The van der Waals surface area contributed by atoms with Gasteiger partial charge in [0.05, 0.1) is 29.0 Å². The van der Waals surface area contributed by atoms with Gasteiger partial charge in [-0.2, -0.15) is 10.5 Å². The Morgan fingerprint density at radius 1 is 0.480 bits per heavy atom. The zero-order valence-corrected chi connectivity index (χ0v) is 28.9. The molecule has 0 spiro atoms. The maximum absolute atomic E-state index is 9.50. The lowest BCUT2D eigenvalue weighted by Crippen LogP contribution is -2.27. The Balaban J connectivity index is 0.00000193. The van der Waals surface area contributed by atoms with E-state index in [1.165, 1.54) is 49.2 Å². The van der Waals surface area contributed by atoms with Gasteiger partial charge in [-0.1, -0.05) is 79.6 Å². The largest absolute Gasteiger partial charge is 0.314 e. The number of aryl methyl sites for hydroxylation is 3. The second-order valence-corrected chi connectivity index (χ2v) is 12.5. The van der Waals surface area contributed by atoms with Crippen molar-refractivity contribution in [1.82, 2.24) is 0 Å². The smallest absolute Gasteiger partial charge is 0.0991 e. The van der Waals surface area contributed by atoms with E-state index in [2.05, 4.69) is 133 Å². The summed E-state index contributed by atoms with van der Waals surface area (Å²) < 4.78 is 0. The Hall–Kier alpha value is -6.36. The van der Waals surface area contributed by atoms with Gasteiger partial charge >= 0.3 is 0 Å². The van der Waals surface area contributed by atoms with E-state index in [4.69, 9.17) is 0 Å². The van der Waals surface area contributed by atoms with Gasteiger partial charge in [-0.25, -0.2) is 0 Å². The summed E-state index contributed by atoms with van der Waals surface area (Å²) in [6, 6.07) is 51.2. The van der Waals surface area contributed by atoms with Crippen LogP contribution in [0.15, 0.2) is 133 Å². The van der Waals surface area contributed by atoms with E-state index in [1.807, 2.05) is 50.2 Å². The highest BCUT2D eigenvalue weighted by Gasteiger charge is 2.24. The molecule has 242 valence electrons. The predicted octanol–water partition coefficient (Wildman–Crippen LogP) is 11.5. The molecule has 1 aliphatic carbocycles. The van der Waals surface area contributed by atoms with Crippen molar-refractivity contribution < 1.29 is 0 Å². The number of benzene rings is 7. The van der Waals surface area contributed by atoms with E-state index in [0.717, 1.165) is 41.3 Å². The number of rotatable bonds is 6. The molecule has 0 heterocycles. The molecule has 0 N–H and O–H groups in total. The minimum absolute atomic E-state index is 0.638. The van der Waals surface area contributed by atoms with Gasteiger partial charge in [0.2, 0.25) is 0 Å². The van der Waals surface area contributed by atoms with E-state index in [1.54, 1.807) is 0 Å². The van der Waals surface area contributed by atoms with Crippen molar-refractivity contribution in [3.8, 4) is 12.1 Å². The van der Waals surface area contributed by atoms with Crippen LogP contribution in [0.5, 0.6) is 0 Å². The van der Waals surface area contributed by atoms with Gasteiger partial charge in [0.25, 0.3) is 0 Å². The molecule has 8 rings (SSSR count). The van der Waals surface area contributed by atoms with Gasteiger partial charge in [-0.05, 0) is 127 Å². The van der Waals surface area contributed by atoms with Gasteiger partial charge < -0.3 is 9.80 Å². The number of hydrogen-bond donors (Lipinski definition) is 0. The predicted molar refractivity (Wildman–Crippen MR) is 208 cm³/mol. The van der Waals surface area contributed by atoms with Crippen LogP contribution in [0, 0.1) is 36.5 Å². The molecular weight excluding hydrogens is 609 g/mol. The zero-order chi connectivity index (χ0) is 34.8. The summed E-state index contributed by atoms with van der Waals surface area (Å²) in [6.07, 6.45) is 1.82. The fourth-order valence-electron chi connectivity index (χ4n) is 7.11. The lowest BCUT2D eigenvalue weighted by molar-refractivity contribution is 0.973. The second-order valence-electron chi connectivity index (χ2n) is 12.5. The molecule has 4 nitrogen and oxygen atoms in total. The van der Waals surface area contributed by atoms with Crippen LogP contribution in [0.2, 0.25) is 0 Å². The normalized spacial score (nSPS) is 11.8. The first-order valence-electron chi connectivity index (χ1n) is 17.3. The van der Waals surface area contributed by atoms with Gasteiger partial charge in [0, 0.05) is 39.1 Å². The molecule has 0 aromatic heterocycles. The van der Waals surface area contributed by atoms with Crippen LogP contribution >= 0.6 is 0 Å². The third kappa shape index (κ3) is 5.72. The summed E-state index contributed by atoms with van der Waals surface area (Å²) in [6.45, 7) is 8.22. The van der Waals surface area contributed by atoms with Crippen LogP contribution in [0.25, 0.3) is 27.2 Å². The summed E-state index contributed by atoms with van der Waals surface area (Å²) in [5.41, 5.74) is 11.6. The van der Waals surface area contributed by atoms with E-state index in [-0.39, 0.29) is 0 Å². The first-order chi connectivity index (χ1) is 24.5. The summed E-state index contributed by atoms with van der Waals surface area (Å²) in [4.78, 5) is 4.67. The Morgan fingerprint density at radius 3 is 1.48 bits per heavy atom. The van der Waals surface area contributed by atoms with Crippen molar-refractivity contribution in [3.63, 3.8) is 0 Å². The molecule has 7 aromatic carbocycles. The van der Waals surface area contributed by atoms with Crippen LogP contribution in [0.4, 0.5) is 28.4 Å². The molecule has 0 saturated heterocycles. The highest BCUT2D eigenvalue weighted by Crippen LogP contribution is 2.43. The Labute approximate surface area is 294 Å². The molecule has 7 aromatic rings. The quantitative estimate of drug-likeness (QED) is 0.180. The van der Waals surface area contributed by atoms with Crippen LogP contribution in [0.3, 0.4) is 0 Å². The van der Waals surface area contributed by atoms with Crippen molar-refractivity contribution >= 4 is 55.7 Å². The SMILES string of the molecule is CC.Cc1ccc(N(C2=c3ccc4ccc(N(c5ccc(C)cc5)c5ccc(C#N)cc5)c5ccc(c3c45)CC2)c2ccc(C#N)cc2)cc1. The molecule has 0 unspecified atom stereocenters. The first-order valence-corrected chi connectivity index (χ1v) is 17.3. The first kappa shape index (κ1) is 32.2. The summed E-state index contributed by atoms with van der Waals surface area (Å²) in [5.74, 6) is 0. The number of anilines is 5. The van der Waals surface area contributed by atoms with E-state index in [0.29, 0.717) is 11.1 Å². The summed E-state index contributed by atoms with van der Waals surface area (Å²) in [7, 11) is 0.